The van der Waals surface area contributed by atoms with Gasteiger partial charge in [-0.1, -0.05) is 19.9 Å². The van der Waals surface area contributed by atoms with Crippen molar-refractivity contribution < 1.29 is 0 Å². The normalized spacial score (nSPS) is 10.9. The predicted octanol–water partition coefficient (Wildman–Crippen LogP) is 3.68. The molecule has 2 aromatic heterocycles. The summed E-state index contributed by atoms with van der Waals surface area (Å²) in [5.41, 5.74) is 2.26. The standard InChI is InChI=1S/C13H17N3S/c1-8(2)11-9(3)15-12(16-13(11)14-4)10-6-5-7-17-10/h5-8H,1-4H3,(H,14,15,16). The van der Waals surface area contributed by atoms with E-state index in [0.717, 1.165) is 22.2 Å². The van der Waals surface area contributed by atoms with Gasteiger partial charge in [-0.15, -0.1) is 11.3 Å². The molecule has 2 aromatic rings. The second kappa shape index (κ2) is 4.84. The van der Waals surface area contributed by atoms with Crippen molar-refractivity contribution in [2.75, 3.05) is 12.4 Å². The molecule has 0 radical (unpaired) electrons. The number of nitrogens with zero attached hydrogens (tertiary/aromatic N) is 2. The highest BCUT2D eigenvalue weighted by Crippen LogP contribution is 2.29. The summed E-state index contributed by atoms with van der Waals surface area (Å²) in [7, 11) is 1.91. The summed E-state index contributed by atoms with van der Waals surface area (Å²) in [5, 5.41) is 5.22. The molecule has 0 spiro atoms. The van der Waals surface area contributed by atoms with Crippen LogP contribution >= 0.6 is 11.3 Å². The van der Waals surface area contributed by atoms with E-state index in [1.807, 2.05) is 24.6 Å². The SMILES string of the molecule is CNc1nc(-c2cccs2)nc(C)c1C(C)C. The van der Waals surface area contributed by atoms with Crippen molar-refractivity contribution in [1.29, 1.82) is 0 Å². The quantitative estimate of drug-likeness (QED) is 0.899. The Morgan fingerprint density at radius 2 is 2.06 bits per heavy atom. The van der Waals surface area contributed by atoms with Crippen molar-refractivity contribution in [2.45, 2.75) is 26.7 Å². The van der Waals surface area contributed by atoms with Crippen molar-refractivity contribution in [1.82, 2.24) is 9.97 Å². The van der Waals surface area contributed by atoms with Gasteiger partial charge in [-0.25, -0.2) is 9.97 Å². The van der Waals surface area contributed by atoms with Gasteiger partial charge in [0, 0.05) is 18.3 Å². The third kappa shape index (κ3) is 2.31. The van der Waals surface area contributed by atoms with Crippen molar-refractivity contribution in [3.8, 4) is 10.7 Å². The van der Waals surface area contributed by atoms with Crippen LogP contribution < -0.4 is 5.32 Å². The van der Waals surface area contributed by atoms with E-state index in [4.69, 9.17) is 0 Å². The molecule has 0 aliphatic carbocycles. The summed E-state index contributed by atoms with van der Waals surface area (Å²) >= 11 is 1.67. The second-order valence-corrected chi connectivity index (χ2v) is 5.22. The van der Waals surface area contributed by atoms with E-state index >= 15 is 0 Å². The van der Waals surface area contributed by atoms with Gasteiger partial charge >= 0.3 is 0 Å². The molecule has 2 rings (SSSR count). The van der Waals surface area contributed by atoms with Gasteiger partial charge in [0.05, 0.1) is 4.88 Å². The summed E-state index contributed by atoms with van der Waals surface area (Å²) < 4.78 is 0. The van der Waals surface area contributed by atoms with E-state index in [-0.39, 0.29) is 0 Å². The van der Waals surface area contributed by atoms with Gasteiger partial charge in [0.15, 0.2) is 5.82 Å². The first-order valence-electron chi connectivity index (χ1n) is 5.73. The lowest BCUT2D eigenvalue weighted by Crippen LogP contribution is -2.06. The molecule has 1 N–H and O–H groups in total. The number of aromatic nitrogens is 2. The lowest BCUT2D eigenvalue weighted by molar-refractivity contribution is 0.834. The van der Waals surface area contributed by atoms with Gasteiger partial charge in [0.2, 0.25) is 0 Å². The minimum atomic E-state index is 0.426. The maximum atomic E-state index is 4.60. The van der Waals surface area contributed by atoms with E-state index in [0.29, 0.717) is 5.92 Å². The molecule has 4 heteroatoms. The third-order valence-corrected chi connectivity index (χ3v) is 3.56. The maximum absolute atomic E-state index is 4.60. The molecule has 3 nitrogen and oxygen atoms in total. The van der Waals surface area contributed by atoms with Gasteiger partial charge in [0.25, 0.3) is 0 Å². The molecule has 0 unspecified atom stereocenters. The number of nitrogens with one attached hydrogen (secondary N) is 1. The van der Waals surface area contributed by atoms with Gasteiger partial charge in [-0.2, -0.15) is 0 Å². The van der Waals surface area contributed by atoms with Crippen molar-refractivity contribution in [2.24, 2.45) is 0 Å². The van der Waals surface area contributed by atoms with Crippen molar-refractivity contribution in [3.05, 3.63) is 28.8 Å². The highest BCUT2D eigenvalue weighted by Gasteiger charge is 2.14. The van der Waals surface area contributed by atoms with Crippen molar-refractivity contribution in [3.63, 3.8) is 0 Å². The minimum Gasteiger partial charge on any atom is -0.373 e. The van der Waals surface area contributed by atoms with Crippen LogP contribution in [0.5, 0.6) is 0 Å². The first-order valence-corrected chi connectivity index (χ1v) is 6.61. The third-order valence-electron chi connectivity index (χ3n) is 2.69. The summed E-state index contributed by atoms with van der Waals surface area (Å²) in [6.07, 6.45) is 0. The molecule has 0 aliphatic rings. The van der Waals surface area contributed by atoms with E-state index < -0.39 is 0 Å². The smallest absolute Gasteiger partial charge is 0.171 e. The van der Waals surface area contributed by atoms with Crippen LogP contribution in [0.4, 0.5) is 5.82 Å². The molecule has 0 aliphatic heterocycles. The summed E-state index contributed by atoms with van der Waals surface area (Å²) in [4.78, 5) is 10.3. The Morgan fingerprint density at radius 3 is 2.59 bits per heavy atom. The Labute approximate surface area is 106 Å². The van der Waals surface area contributed by atoms with Gasteiger partial charge in [0.1, 0.15) is 5.82 Å². The Balaban J connectivity index is 2.56. The first-order chi connectivity index (χ1) is 8.13. The topological polar surface area (TPSA) is 37.8 Å². The molecule has 0 bridgehead atoms. The second-order valence-electron chi connectivity index (χ2n) is 4.28. The largest absolute Gasteiger partial charge is 0.373 e. The van der Waals surface area contributed by atoms with Crippen LogP contribution in [0.3, 0.4) is 0 Å². The fourth-order valence-corrected chi connectivity index (χ4v) is 2.64. The molecule has 0 amide bonds. The fourth-order valence-electron chi connectivity index (χ4n) is 1.98. The lowest BCUT2D eigenvalue weighted by Gasteiger charge is -2.15. The van der Waals surface area contributed by atoms with Gasteiger partial charge in [-0.3, -0.25) is 0 Å². The average Bonchev–Trinajstić information content (AvgIpc) is 2.80. The van der Waals surface area contributed by atoms with Crippen LogP contribution in [-0.4, -0.2) is 17.0 Å². The molecular weight excluding hydrogens is 230 g/mol. The van der Waals surface area contributed by atoms with Gasteiger partial charge in [-0.05, 0) is 24.3 Å². The van der Waals surface area contributed by atoms with Gasteiger partial charge < -0.3 is 5.32 Å². The predicted molar refractivity (Wildman–Crippen MR) is 73.7 cm³/mol. The zero-order valence-electron chi connectivity index (χ0n) is 10.6. The van der Waals surface area contributed by atoms with E-state index in [1.54, 1.807) is 11.3 Å². The Bertz CT molecular complexity index is 504. The highest BCUT2D eigenvalue weighted by molar-refractivity contribution is 7.13. The van der Waals surface area contributed by atoms with Crippen LogP contribution in [0.15, 0.2) is 17.5 Å². The molecule has 17 heavy (non-hydrogen) atoms. The molecule has 0 aromatic carbocycles. The molecular formula is C13H17N3S. The molecule has 0 fully saturated rings. The molecule has 2 heterocycles. The van der Waals surface area contributed by atoms with Crippen molar-refractivity contribution >= 4 is 17.2 Å². The maximum Gasteiger partial charge on any atom is 0.171 e. The summed E-state index contributed by atoms with van der Waals surface area (Å²) in [5.74, 6) is 2.18. The lowest BCUT2D eigenvalue weighted by atomic mass is 10.0. The highest BCUT2D eigenvalue weighted by atomic mass is 32.1. The van der Waals surface area contributed by atoms with Crippen LogP contribution in [0.2, 0.25) is 0 Å². The van der Waals surface area contributed by atoms with Crippen LogP contribution in [0.25, 0.3) is 10.7 Å². The zero-order chi connectivity index (χ0) is 12.4. The monoisotopic (exact) mass is 247 g/mol. The first kappa shape index (κ1) is 12.0. The number of aryl methyl sites for hydroxylation is 1. The van der Waals surface area contributed by atoms with Crippen LogP contribution in [0.1, 0.15) is 31.0 Å². The number of hydrogen-bond donors (Lipinski definition) is 1. The molecule has 0 saturated carbocycles. The average molecular weight is 247 g/mol. The van der Waals surface area contributed by atoms with E-state index in [9.17, 15) is 0 Å². The molecule has 90 valence electrons. The van der Waals surface area contributed by atoms with E-state index in [1.165, 1.54) is 5.56 Å². The number of thiophene rings is 1. The number of anilines is 1. The number of rotatable bonds is 3. The molecule has 0 saturated heterocycles. The van der Waals surface area contributed by atoms with Crippen LogP contribution in [0, 0.1) is 6.92 Å². The Kier molecular flexibility index (Phi) is 3.43. The zero-order valence-corrected chi connectivity index (χ0v) is 11.4. The molecule has 0 atom stereocenters. The fraction of sp³-hybridized carbons (Fsp3) is 0.385. The Morgan fingerprint density at radius 1 is 1.29 bits per heavy atom. The number of hydrogen-bond acceptors (Lipinski definition) is 4. The summed E-state index contributed by atoms with van der Waals surface area (Å²) in [6.45, 7) is 6.38. The Hall–Kier alpha value is -1.42. The van der Waals surface area contributed by atoms with E-state index in [2.05, 4.69) is 36.1 Å². The summed E-state index contributed by atoms with van der Waals surface area (Å²) in [6, 6.07) is 4.07. The van der Waals surface area contributed by atoms with Crippen LogP contribution in [-0.2, 0) is 0 Å². The minimum absolute atomic E-state index is 0.426.